The molecule has 0 spiro atoms. The summed E-state index contributed by atoms with van der Waals surface area (Å²) in [4.78, 5) is 0. The van der Waals surface area contributed by atoms with Crippen molar-refractivity contribution in [3.05, 3.63) is 34.4 Å². The first kappa shape index (κ1) is 11.8. The van der Waals surface area contributed by atoms with Gasteiger partial charge in [-0.2, -0.15) is 5.26 Å². The molecule has 1 fully saturated rings. The fourth-order valence-electron chi connectivity index (χ4n) is 1.48. The SMILES string of the molecule is N#Cc1c(F)c(F)c(C2OCCO2)c(F)c1F. The van der Waals surface area contributed by atoms with E-state index in [1.54, 1.807) is 0 Å². The summed E-state index contributed by atoms with van der Waals surface area (Å²) >= 11 is 0. The largest absolute Gasteiger partial charge is 0.346 e. The van der Waals surface area contributed by atoms with Crippen LogP contribution in [0.2, 0.25) is 0 Å². The van der Waals surface area contributed by atoms with E-state index in [1.165, 1.54) is 0 Å². The van der Waals surface area contributed by atoms with Crippen molar-refractivity contribution in [2.75, 3.05) is 13.2 Å². The maximum absolute atomic E-state index is 13.4. The molecule has 3 nitrogen and oxygen atoms in total. The van der Waals surface area contributed by atoms with E-state index >= 15 is 0 Å². The zero-order valence-corrected chi connectivity index (χ0v) is 8.27. The van der Waals surface area contributed by atoms with Gasteiger partial charge in [0.1, 0.15) is 11.6 Å². The molecular weight excluding hydrogens is 242 g/mol. The Kier molecular flexibility index (Phi) is 3.00. The second-order valence-electron chi connectivity index (χ2n) is 3.23. The number of rotatable bonds is 1. The first-order valence-electron chi connectivity index (χ1n) is 4.57. The Morgan fingerprint density at radius 3 is 1.82 bits per heavy atom. The molecule has 2 rings (SSSR count). The van der Waals surface area contributed by atoms with E-state index in [4.69, 9.17) is 14.7 Å². The molecule has 0 aliphatic carbocycles. The molecule has 0 bridgehead atoms. The molecule has 1 aromatic rings. The van der Waals surface area contributed by atoms with Gasteiger partial charge in [-0.25, -0.2) is 17.6 Å². The monoisotopic (exact) mass is 247 g/mol. The number of hydrogen-bond donors (Lipinski definition) is 0. The first-order valence-corrected chi connectivity index (χ1v) is 4.57. The molecule has 1 saturated heterocycles. The lowest BCUT2D eigenvalue weighted by molar-refractivity contribution is -0.0498. The summed E-state index contributed by atoms with van der Waals surface area (Å²) in [5.74, 6) is -6.85. The van der Waals surface area contributed by atoms with Crippen molar-refractivity contribution in [2.24, 2.45) is 0 Å². The third-order valence-corrected chi connectivity index (χ3v) is 2.27. The zero-order valence-electron chi connectivity index (χ0n) is 8.27. The molecule has 0 atom stereocenters. The van der Waals surface area contributed by atoms with Crippen LogP contribution in [0.1, 0.15) is 17.4 Å². The average Bonchev–Trinajstić information content (AvgIpc) is 2.81. The summed E-state index contributed by atoms with van der Waals surface area (Å²) in [6.45, 7) is 0.125. The lowest BCUT2D eigenvalue weighted by atomic mass is 10.1. The van der Waals surface area contributed by atoms with Crippen LogP contribution < -0.4 is 0 Å². The van der Waals surface area contributed by atoms with Gasteiger partial charge in [0.2, 0.25) is 0 Å². The van der Waals surface area contributed by atoms with Crippen LogP contribution in [0.25, 0.3) is 0 Å². The van der Waals surface area contributed by atoms with Gasteiger partial charge in [-0.3, -0.25) is 0 Å². The Morgan fingerprint density at radius 1 is 0.941 bits per heavy atom. The molecule has 7 heteroatoms. The van der Waals surface area contributed by atoms with E-state index in [0.29, 0.717) is 0 Å². The lowest BCUT2D eigenvalue weighted by Gasteiger charge is -2.13. The highest BCUT2D eigenvalue weighted by atomic mass is 19.2. The summed E-state index contributed by atoms with van der Waals surface area (Å²) < 4.78 is 62.9. The summed E-state index contributed by atoms with van der Waals surface area (Å²) in [6.07, 6.45) is -1.49. The van der Waals surface area contributed by atoms with Crippen molar-refractivity contribution in [1.82, 2.24) is 0 Å². The fourth-order valence-corrected chi connectivity index (χ4v) is 1.48. The van der Waals surface area contributed by atoms with E-state index in [1.807, 2.05) is 0 Å². The second kappa shape index (κ2) is 4.31. The molecule has 90 valence electrons. The van der Waals surface area contributed by atoms with Crippen molar-refractivity contribution in [1.29, 1.82) is 5.26 Å². The molecule has 0 N–H and O–H groups in total. The van der Waals surface area contributed by atoms with Crippen molar-refractivity contribution >= 4 is 0 Å². The van der Waals surface area contributed by atoms with E-state index in [-0.39, 0.29) is 13.2 Å². The minimum absolute atomic E-state index is 0.0623. The number of halogens is 4. The molecule has 0 aromatic heterocycles. The number of benzene rings is 1. The summed E-state index contributed by atoms with van der Waals surface area (Å²) in [6, 6.07) is 1.05. The van der Waals surface area contributed by atoms with Crippen LogP contribution in [-0.2, 0) is 9.47 Å². The van der Waals surface area contributed by atoms with Crippen molar-refractivity contribution in [3.8, 4) is 6.07 Å². The van der Waals surface area contributed by atoms with Crippen molar-refractivity contribution in [2.45, 2.75) is 6.29 Å². The smallest absolute Gasteiger partial charge is 0.189 e. The molecule has 1 aliphatic heterocycles. The quantitative estimate of drug-likeness (QED) is 0.564. The van der Waals surface area contributed by atoms with Crippen molar-refractivity contribution in [3.63, 3.8) is 0 Å². The highest BCUT2D eigenvalue weighted by molar-refractivity contribution is 5.38. The third kappa shape index (κ3) is 1.75. The Hall–Kier alpha value is -1.65. The van der Waals surface area contributed by atoms with Crippen LogP contribution in [0.15, 0.2) is 0 Å². The van der Waals surface area contributed by atoms with E-state index in [2.05, 4.69) is 0 Å². The summed E-state index contributed by atoms with van der Waals surface area (Å²) in [5.41, 5.74) is -2.29. The van der Waals surface area contributed by atoms with Crippen LogP contribution >= 0.6 is 0 Å². The Bertz CT molecular complexity index is 477. The fraction of sp³-hybridized carbons (Fsp3) is 0.300. The summed E-state index contributed by atoms with van der Waals surface area (Å²) in [7, 11) is 0. The molecule has 17 heavy (non-hydrogen) atoms. The van der Waals surface area contributed by atoms with Crippen LogP contribution in [0, 0.1) is 34.6 Å². The molecule has 0 amide bonds. The maximum Gasteiger partial charge on any atom is 0.189 e. The standard InChI is InChI=1S/C10H5F4NO2/c11-6-4(3-15)7(12)9(14)5(8(6)13)10-16-1-2-17-10/h10H,1-2H2. The van der Waals surface area contributed by atoms with Gasteiger partial charge in [-0.15, -0.1) is 0 Å². The van der Waals surface area contributed by atoms with Gasteiger partial charge in [-0.05, 0) is 0 Å². The average molecular weight is 247 g/mol. The van der Waals surface area contributed by atoms with Gasteiger partial charge in [-0.1, -0.05) is 0 Å². The number of hydrogen-bond acceptors (Lipinski definition) is 3. The predicted octanol–water partition coefficient (Wildman–Crippen LogP) is 2.16. The van der Waals surface area contributed by atoms with Gasteiger partial charge in [0.15, 0.2) is 29.6 Å². The summed E-state index contributed by atoms with van der Waals surface area (Å²) in [5, 5.41) is 8.38. The highest BCUT2D eigenvalue weighted by Gasteiger charge is 2.32. The van der Waals surface area contributed by atoms with E-state index in [0.717, 1.165) is 6.07 Å². The highest BCUT2D eigenvalue weighted by Crippen LogP contribution is 2.32. The molecule has 0 unspecified atom stereocenters. The van der Waals surface area contributed by atoms with Gasteiger partial charge >= 0.3 is 0 Å². The number of ether oxygens (including phenoxy) is 2. The van der Waals surface area contributed by atoms with E-state index in [9.17, 15) is 17.6 Å². The Balaban J connectivity index is 2.64. The van der Waals surface area contributed by atoms with Crippen LogP contribution in [0.3, 0.4) is 0 Å². The lowest BCUT2D eigenvalue weighted by Crippen LogP contribution is -2.11. The third-order valence-electron chi connectivity index (χ3n) is 2.27. The molecule has 0 radical (unpaired) electrons. The normalized spacial score (nSPS) is 16.2. The van der Waals surface area contributed by atoms with Gasteiger partial charge < -0.3 is 9.47 Å². The van der Waals surface area contributed by atoms with Crippen LogP contribution in [0.4, 0.5) is 17.6 Å². The maximum atomic E-state index is 13.4. The minimum atomic E-state index is -1.75. The van der Waals surface area contributed by atoms with Gasteiger partial charge in [0.25, 0.3) is 0 Å². The molecule has 1 heterocycles. The second-order valence-corrected chi connectivity index (χ2v) is 3.23. The van der Waals surface area contributed by atoms with Crippen LogP contribution in [-0.4, -0.2) is 13.2 Å². The molecule has 0 saturated carbocycles. The Labute approximate surface area is 93.2 Å². The number of nitriles is 1. The topological polar surface area (TPSA) is 42.2 Å². The van der Waals surface area contributed by atoms with E-state index < -0.39 is 40.7 Å². The number of nitrogens with zero attached hydrogens (tertiary/aromatic N) is 1. The predicted molar refractivity (Wildman–Crippen MR) is 45.6 cm³/mol. The van der Waals surface area contributed by atoms with Gasteiger partial charge in [0, 0.05) is 0 Å². The molecule has 1 aromatic carbocycles. The van der Waals surface area contributed by atoms with Crippen molar-refractivity contribution < 1.29 is 27.0 Å². The zero-order chi connectivity index (χ0) is 12.6. The van der Waals surface area contributed by atoms with Crippen LogP contribution in [0.5, 0.6) is 0 Å². The first-order chi connectivity index (χ1) is 8.07. The molecule has 1 aliphatic rings. The Morgan fingerprint density at radius 2 is 1.41 bits per heavy atom. The van der Waals surface area contributed by atoms with Gasteiger partial charge in [0.05, 0.1) is 18.8 Å². The minimum Gasteiger partial charge on any atom is -0.346 e. The molecular formula is C10H5F4NO2.